The highest BCUT2D eigenvalue weighted by Gasteiger charge is 2.14. The lowest BCUT2D eigenvalue weighted by molar-refractivity contribution is -0.120. The molecule has 1 aromatic carbocycles. The van der Waals surface area contributed by atoms with Crippen molar-refractivity contribution < 1.29 is 9.59 Å². The van der Waals surface area contributed by atoms with E-state index in [1.807, 2.05) is 37.3 Å². The Morgan fingerprint density at radius 1 is 1.09 bits per heavy atom. The molecule has 0 saturated carbocycles. The van der Waals surface area contributed by atoms with Crippen molar-refractivity contribution in [2.24, 2.45) is 0 Å². The molecule has 0 unspecified atom stereocenters. The van der Waals surface area contributed by atoms with E-state index in [2.05, 4.69) is 15.6 Å². The van der Waals surface area contributed by atoms with Crippen molar-refractivity contribution in [1.29, 1.82) is 0 Å². The Bertz CT molecular complexity index is 662. The molecule has 0 aliphatic rings. The second-order valence-corrected chi connectivity index (χ2v) is 5.87. The monoisotopic (exact) mass is 329 g/mol. The Morgan fingerprint density at radius 2 is 1.87 bits per heavy atom. The largest absolute Gasteiger partial charge is 0.355 e. The Morgan fingerprint density at radius 3 is 2.61 bits per heavy atom. The SMILES string of the molecule is CCCNC(=O)CNC(=O)c1cccnc1Sc1ccccc1. The first-order chi connectivity index (χ1) is 11.2. The van der Waals surface area contributed by atoms with Crippen LogP contribution >= 0.6 is 11.8 Å². The average Bonchev–Trinajstić information content (AvgIpc) is 2.59. The summed E-state index contributed by atoms with van der Waals surface area (Å²) in [6.45, 7) is 2.54. The summed E-state index contributed by atoms with van der Waals surface area (Å²) >= 11 is 1.42. The van der Waals surface area contributed by atoms with Gasteiger partial charge in [0.2, 0.25) is 5.91 Å². The maximum atomic E-state index is 12.3. The third kappa shape index (κ3) is 5.41. The topological polar surface area (TPSA) is 71.1 Å². The molecule has 2 rings (SSSR count). The lowest BCUT2D eigenvalue weighted by Gasteiger charge is -2.09. The van der Waals surface area contributed by atoms with E-state index in [9.17, 15) is 9.59 Å². The zero-order valence-corrected chi connectivity index (χ0v) is 13.7. The third-order valence-electron chi connectivity index (χ3n) is 2.96. The molecule has 23 heavy (non-hydrogen) atoms. The van der Waals surface area contributed by atoms with Crippen LogP contribution in [0.5, 0.6) is 0 Å². The van der Waals surface area contributed by atoms with Crippen molar-refractivity contribution in [1.82, 2.24) is 15.6 Å². The minimum Gasteiger partial charge on any atom is -0.355 e. The van der Waals surface area contributed by atoms with E-state index in [0.717, 1.165) is 11.3 Å². The van der Waals surface area contributed by atoms with Crippen molar-refractivity contribution >= 4 is 23.6 Å². The van der Waals surface area contributed by atoms with Gasteiger partial charge < -0.3 is 10.6 Å². The van der Waals surface area contributed by atoms with Crippen LogP contribution in [0.1, 0.15) is 23.7 Å². The summed E-state index contributed by atoms with van der Waals surface area (Å²) in [5.41, 5.74) is 0.463. The van der Waals surface area contributed by atoms with Crippen molar-refractivity contribution in [3.05, 3.63) is 54.2 Å². The third-order valence-corrected chi connectivity index (χ3v) is 3.98. The van der Waals surface area contributed by atoms with Gasteiger partial charge in [-0.25, -0.2) is 4.98 Å². The van der Waals surface area contributed by atoms with Gasteiger partial charge in [-0.05, 0) is 30.7 Å². The van der Waals surface area contributed by atoms with Crippen LogP contribution < -0.4 is 10.6 Å². The zero-order chi connectivity index (χ0) is 16.5. The molecular weight excluding hydrogens is 310 g/mol. The van der Waals surface area contributed by atoms with Crippen molar-refractivity contribution in [3.8, 4) is 0 Å². The molecular formula is C17H19N3O2S. The van der Waals surface area contributed by atoms with Crippen molar-refractivity contribution in [2.45, 2.75) is 23.3 Å². The second-order valence-electron chi connectivity index (χ2n) is 4.80. The molecule has 0 atom stereocenters. The van der Waals surface area contributed by atoms with Crippen LogP contribution in [-0.4, -0.2) is 29.9 Å². The van der Waals surface area contributed by atoms with Gasteiger partial charge in [-0.15, -0.1) is 0 Å². The van der Waals surface area contributed by atoms with Crippen LogP contribution in [0.2, 0.25) is 0 Å². The van der Waals surface area contributed by atoms with Crippen LogP contribution in [0.3, 0.4) is 0 Å². The molecule has 2 N–H and O–H groups in total. The fourth-order valence-electron chi connectivity index (χ4n) is 1.83. The van der Waals surface area contributed by atoms with E-state index in [1.165, 1.54) is 11.8 Å². The van der Waals surface area contributed by atoms with Gasteiger partial charge in [0, 0.05) is 17.6 Å². The Balaban J connectivity index is 2.01. The number of carbonyl (C=O) groups is 2. The molecule has 0 spiro atoms. The van der Waals surface area contributed by atoms with Gasteiger partial charge in [-0.1, -0.05) is 36.9 Å². The number of carbonyl (C=O) groups excluding carboxylic acids is 2. The first-order valence-corrected chi connectivity index (χ1v) is 8.25. The average molecular weight is 329 g/mol. The van der Waals surface area contributed by atoms with Crippen molar-refractivity contribution in [3.63, 3.8) is 0 Å². The molecule has 2 amide bonds. The van der Waals surface area contributed by atoms with Crippen LogP contribution in [0, 0.1) is 0 Å². The smallest absolute Gasteiger partial charge is 0.254 e. The van der Waals surface area contributed by atoms with Gasteiger partial charge in [-0.2, -0.15) is 0 Å². The molecule has 0 saturated heterocycles. The second kappa shape index (κ2) is 8.95. The quantitative estimate of drug-likeness (QED) is 0.819. The Hall–Kier alpha value is -2.34. The number of amides is 2. The van der Waals surface area contributed by atoms with Gasteiger partial charge in [0.25, 0.3) is 5.91 Å². The molecule has 120 valence electrons. The van der Waals surface area contributed by atoms with E-state index in [-0.39, 0.29) is 18.4 Å². The number of nitrogens with one attached hydrogen (secondary N) is 2. The summed E-state index contributed by atoms with van der Waals surface area (Å²) in [6.07, 6.45) is 2.51. The van der Waals surface area contributed by atoms with E-state index in [0.29, 0.717) is 17.1 Å². The molecule has 0 bridgehead atoms. The van der Waals surface area contributed by atoms with Crippen LogP contribution in [0.4, 0.5) is 0 Å². The zero-order valence-electron chi connectivity index (χ0n) is 12.9. The summed E-state index contributed by atoms with van der Waals surface area (Å²) in [6, 6.07) is 13.1. The lowest BCUT2D eigenvalue weighted by Crippen LogP contribution is -2.37. The number of benzene rings is 1. The fraction of sp³-hybridized carbons (Fsp3) is 0.235. The molecule has 0 fully saturated rings. The number of rotatable bonds is 7. The van der Waals surface area contributed by atoms with Crippen molar-refractivity contribution in [2.75, 3.05) is 13.1 Å². The minimum absolute atomic E-state index is 0.0385. The van der Waals surface area contributed by atoms with Gasteiger partial charge in [0.05, 0.1) is 12.1 Å². The Kier molecular flexibility index (Phi) is 6.62. The standard InChI is InChI=1S/C17H19N3O2S/c1-2-10-18-15(21)12-20-16(22)14-9-6-11-19-17(14)23-13-7-4-3-5-8-13/h3-9,11H,2,10,12H2,1H3,(H,18,21)(H,20,22). The highest BCUT2D eigenvalue weighted by Crippen LogP contribution is 2.28. The van der Waals surface area contributed by atoms with Crippen LogP contribution in [-0.2, 0) is 4.79 Å². The molecule has 0 aliphatic heterocycles. The normalized spacial score (nSPS) is 10.1. The number of nitrogens with zero attached hydrogens (tertiary/aromatic N) is 1. The lowest BCUT2D eigenvalue weighted by atomic mass is 10.2. The molecule has 1 aromatic heterocycles. The first-order valence-electron chi connectivity index (χ1n) is 7.43. The predicted molar refractivity (Wildman–Crippen MR) is 90.4 cm³/mol. The highest BCUT2D eigenvalue weighted by molar-refractivity contribution is 7.99. The Labute approximate surface area is 139 Å². The van der Waals surface area contributed by atoms with Crippen LogP contribution in [0.25, 0.3) is 0 Å². The van der Waals surface area contributed by atoms with E-state index in [4.69, 9.17) is 0 Å². The maximum Gasteiger partial charge on any atom is 0.254 e. The molecule has 2 aromatic rings. The van der Waals surface area contributed by atoms with Gasteiger partial charge in [-0.3, -0.25) is 9.59 Å². The molecule has 1 heterocycles. The molecule has 0 aliphatic carbocycles. The summed E-state index contributed by atoms with van der Waals surface area (Å²) in [5.74, 6) is -0.496. The fourth-order valence-corrected chi connectivity index (χ4v) is 2.73. The van der Waals surface area contributed by atoms with E-state index in [1.54, 1.807) is 18.3 Å². The van der Waals surface area contributed by atoms with Crippen LogP contribution in [0.15, 0.2) is 58.6 Å². The molecule has 5 nitrogen and oxygen atoms in total. The summed E-state index contributed by atoms with van der Waals surface area (Å²) in [7, 11) is 0. The number of aromatic nitrogens is 1. The first kappa shape index (κ1) is 17.0. The number of hydrogen-bond acceptors (Lipinski definition) is 4. The summed E-state index contributed by atoms with van der Waals surface area (Å²) in [5, 5.41) is 5.96. The van der Waals surface area contributed by atoms with E-state index < -0.39 is 0 Å². The maximum absolute atomic E-state index is 12.3. The number of hydrogen-bond donors (Lipinski definition) is 2. The van der Waals surface area contributed by atoms with E-state index >= 15 is 0 Å². The predicted octanol–water partition coefficient (Wildman–Crippen LogP) is 2.49. The van der Waals surface area contributed by atoms with Gasteiger partial charge in [0.15, 0.2) is 0 Å². The molecule has 6 heteroatoms. The van der Waals surface area contributed by atoms with Gasteiger partial charge >= 0.3 is 0 Å². The summed E-state index contributed by atoms with van der Waals surface area (Å²) in [4.78, 5) is 29.1. The molecule has 0 radical (unpaired) electrons. The summed E-state index contributed by atoms with van der Waals surface area (Å²) < 4.78 is 0. The highest BCUT2D eigenvalue weighted by atomic mass is 32.2. The van der Waals surface area contributed by atoms with Gasteiger partial charge in [0.1, 0.15) is 5.03 Å². The minimum atomic E-state index is -0.303. The number of pyridine rings is 1.